The molecule has 0 bridgehead atoms. The Morgan fingerprint density at radius 1 is 1.41 bits per heavy atom. The number of ether oxygens (including phenoxy) is 1. The number of hydrogen-bond donors (Lipinski definition) is 1. The molecule has 0 radical (unpaired) electrons. The fraction of sp³-hybridized carbons (Fsp3) is 0.538. The first-order valence-corrected chi connectivity index (χ1v) is 5.87. The summed E-state index contributed by atoms with van der Waals surface area (Å²) in [5, 5.41) is 0. The van der Waals surface area contributed by atoms with Crippen molar-refractivity contribution >= 4 is 11.7 Å². The molecule has 0 saturated heterocycles. The minimum Gasteiger partial charge on any atom is -0.462 e. The Bertz CT molecular complexity index is 360. The maximum atomic E-state index is 11.6. The van der Waals surface area contributed by atoms with Crippen LogP contribution in [0.4, 0.5) is 5.69 Å². The van der Waals surface area contributed by atoms with Crippen LogP contribution >= 0.6 is 0 Å². The Kier molecular flexibility index (Phi) is 4.94. The van der Waals surface area contributed by atoms with E-state index in [4.69, 9.17) is 10.5 Å². The summed E-state index contributed by atoms with van der Waals surface area (Å²) in [6.45, 7) is 6.12. The highest BCUT2D eigenvalue weighted by molar-refractivity contribution is 5.72. The summed E-state index contributed by atoms with van der Waals surface area (Å²) < 4.78 is 5.29. The standard InChI is InChI=1S/C13H20N2O2/c1-9(2)6-10(3)17-13(16)7-12-5-4-11(14)8-15-12/h4-5,8-10H,6-7,14H2,1-3H3. The van der Waals surface area contributed by atoms with Gasteiger partial charge in [0.1, 0.15) is 0 Å². The Hall–Kier alpha value is -1.58. The van der Waals surface area contributed by atoms with E-state index in [1.807, 2.05) is 6.92 Å². The third kappa shape index (κ3) is 5.33. The molecular formula is C13H20N2O2. The van der Waals surface area contributed by atoms with Gasteiger partial charge in [0.25, 0.3) is 0 Å². The lowest BCUT2D eigenvalue weighted by Crippen LogP contribution is -2.18. The Morgan fingerprint density at radius 2 is 2.12 bits per heavy atom. The first kappa shape index (κ1) is 13.5. The molecule has 0 spiro atoms. The van der Waals surface area contributed by atoms with Crippen molar-refractivity contribution in [2.75, 3.05) is 5.73 Å². The van der Waals surface area contributed by atoms with Gasteiger partial charge in [-0.2, -0.15) is 0 Å². The van der Waals surface area contributed by atoms with Crippen LogP contribution in [0.15, 0.2) is 18.3 Å². The number of anilines is 1. The number of esters is 1. The SMILES string of the molecule is CC(C)CC(C)OC(=O)Cc1ccc(N)cn1. The van der Waals surface area contributed by atoms with Crippen LogP contribution in [0.2, 0.25) is 0 Å². The molecule has 0 fully saturated rings. The topological polar surface area (TPSA) is 65.2 Å². The summed E-state index contributed by atoms with van der Waals surface area (Å²) in [6.07, 6.45) is 2.57. The van der Waals surface area contributed by atoms with E-state index >= 15 is 0 Å². The highest BCUT2D eigenvalue weighted by Crippen LogP contribution is 2.09. The van der Waals surface area contributed by atoms with Gasteiger partial charge in [-0.15, -0.1) is 0 Å². The molecule has 94 valence electrons. The normalized spacial score (nSPS) is 12.5. The molecule has 1 aromatic heterocycles. The summed E-state index contributed by atoms with van der Waals surface area (Å²) in [5.41, 5.74) is 6.79. The second kappa shape index (κ2) is 6.23. The Morgan fingerprint density at radius 3 is 2.65 bits per heavy atom. The average molecular weight is 236 g/mol. The highest BCUT2D eigenvalue weighted by atomic mass is 16.5. The lowest BCUT2D eigenvalue weighted by Gasteiger charge is -2.14. The van der Waals surface area contributed by atoms with Gasteiger partial charge >= 0.3 is 5.97 Å². The van der Waals surface area contributed by atoms with Crippen molar-refractivity contribution < 1.29 is 9.53 Å². The van der Waals surface area contributed by atoms with Crippen molar-refractivity contribution in [2.45, 2.75) is 39.7 Å². The van der Waals surface area contributed by atoms with E-state index in [1.165, 1.54) is 0 Å². The van der Waals surface area contributed by atoms with Crippen molar-refractivity contribution in [1.29, 1.82) is 0 Å². The number of aromatic nitrogens is 1. The minimum atomic E-state index is -0.240. The fourth-order valence-electron chi connectivity index (χ4n) is 1.67. The van der Waals surface area contributed by atoms with Crippen molar-refractivity contribution in [3.8, 4) is 0 Å². The van der Waals surface area contributed by atoms with E-state index in [-0.39, 0.29) is 18.5 Å². The lowest BCUT2D eigenvalue weighted by atomic mass is 10.1. The predicted molar refractivity (Wildman–Crippen MR) is 67.4 cm³/mol. The van der Waals surface area contributed by atoms with Gasteiger partial charge in [-0.1, -0.05) is 13.8 Å². The largest absolute Gasteiger partial charge is 0.462 e. The molecule has 1 aromatic rings. The van der Waals surface area contributed by atoms with E-state index in [0.717, 1.165) is 6.42 Å². The number of rotatable bonds is 5. The van der Waals surface area contributed by atoms with Crippen LogP contribution in [0.25, 0.3) is 0 Å². The van der Waals surface area contributed by atoms with Gasteiger partial charge in [0.15, 0.2) is 0 Å². The van der Waals surface area contributed by atoms with Crippen LogP contribution in [0.5, 0.6) is 0 Å². The molecule has 0 amide bonds. The number of carbonyl (C=O) groups excluding carboxylic acids is 1. The molecule has 0 aliphatic heterocycles. The van der Waals surface area contributed by atoms with Gasteiger partial charge < -0.3 is 10.5 Å². The first-order valence-electron chi connectivity index (χ1n) is 5.87. The molecule has 1 rings (SSSR count). The van der Waals surface area contributed by atoms with Crippen LogP contribution in [0.1, 0.15) is 32.9 Å². The molecule has 0 aromatic carbocycles. The summed E-state index contributed by atoms with van der Waals surface area (Å²) in [5.74, 6) is 0.280. The van der Waals surface area contributed by atoms with Crippen molar-refractivity contribution in [1.82, 2.24) is 4.98 Å². The second-order valence-corrected chi connectivity index (χ2v) is 4.69. The number of nitrogens with zero attached hydrogens (tertiary/aromatic N) is 1. The number of nitrogen functional groups attached to an aromatic ring is 1. The number of nitrogens with two attached hydrogens (primary N) is 1. The van der Waals surface area contributed by atoms with Gasteiger partial charge in [-0.3, -0.25) is 9.78 Å². The van der Waals surface area contributed by atoms with Gasteiger partial charge in [-0.05, 0) is 31.4 Å². The number of hydrogen-bond acceptors (Lipinski definition) is 4. The minimum absolute atomic E-state index is 0.0451. The predicted octanol–water partition coefficient (Wildman–Crippen LogP) is 2.18. The fourth-order valence-corrected chi connectivity index (χ4v) is 1.67. The average Bonchev–Trinajstić information content (AvgIpc) is 2.19. The summed E-state index contributed by atoms with van der Waals surface area (Å²) in [6, 6.07) is 3.47. The van der Waals surface area contributed by atoms with E-state index in [0.29, 0.717) is 17.3 Å². The molecule has 1 atom stereocenters. The molecule has 1 unspecified atom stereocenters. The molecule has 2 N–H and O–H groups in total. The molecule has 4 heteroatoms. The summed E-state index contributed by atoms with van der Waals surface area (Å²) >= 11 is 0. The maximum Gasteiger partial charge on any atom is 0.312 e. The van der Waals surface area contributed by atoms with Crippen LogP contribution < -0.4 is 5.73 Å². The molecular weight excluding hydrogens is 216 g/mol. The van der Waals surface area contributed by atoms with Crippen LogP contribution in [0, 0.1) is 5.92 Å². The van der Waals surface area contributed by atoms with E-state index in [2.05, 4.69) is 18.8 Å². The van der Waals surface area contributed by atoms with Gasteiger partial charge in [0.2, 0.25) is 0 Å². The van der Waals surface area contributed by atoms with Crippen molar-refractivity contribution in [3.63, 3.8) is 0 Å². The quantitative estimate of drug-likeness (QED) is 0.796. The third-order valence-corrected chi connectivity index (χ3v) is 2.31. The smallest absolute Gasteiger partial charge is 0.312 e. The molecule has 4 nitrogen and oxygen atoms in total. The van der Waals surface area contributed by atoms with E-state index in [1.54, 1.807) is 18.3 Å². The van der Waals surface area contributed by atoms with Gasteiger partial charge in [0, 0.05) is 0 Å². The molecule has 0 aliphatic carbocycles. The van der Waals surface area contributed by atoms with Crippen LogP contribution in [-0.4, -0.2) is 17.1 Å². The van der Waals surface area contributed by atoms with Crippen LogP contribution in [-0.2, 0) is 16.0 Å². The Balaban J connectivity index is 2.41. The third-order valence-electron chi connectivity index (χ3n) is 2.31. The summed E-state index contributed by atoms with van der Waals surface area (Å²) in [7, 11) is 0. The molecule has 17 heavy (non-hydrogen) atoms. The van der Waals surface area contributed by atoms with Crippen molar-refractivity contribution in [3.05, 3.63) is 24.0 Å². The summed E-state index contributed by atoms with van der Waals surface area (Å²) in [4.78, 5) is 15.7. The number of carbonyl (C=O) groups is 1. The van der Waals surface area contributed by atoms with Crippen molar-refractivity contribution in [2.24, 2.45) is 5.92 Å². The molecule has 0 saturated carbocycles. The monoisotopic (exact) mass is 236 g/mol. The zero-order valence-electron chi connectivity index (χ0n) is 10.6. The zero-order valence-corrected chi connectivity index (χ0v) is 10.6. The van der Waals surface area contributed by atoms with Gasteiger partial charge in [-0.25, -0.2) is 0 Å². The maximum absolute atomic E-state index is 11.6. The van der Waals surface area contributed by atoms with Crippen LogP contribution in [0.3, 0.4) is 0 Å². The first-order chi connectivity index (χ1) is 7.97. The molecule has 1 heterocycles. The molecule has 0 aliphatic rings. The lowest BCUT2D eigenvalue weighted by molar-refractivity contribution is -0.148. The zero-order chi connectivity index (χ0) is 12.8. The Labute approximate surface area is 102 Å². The number of pyridine rings is 1. The van der Waals surface area contributed by atoms with Gasteiger partial charge in [0.05, 0.1) is 30.1 Å². The van der Waals surface area contributed by atoms with E-state index < -0.39 is 0 Å². The second-order valence-electron chi connectivity index (χ2n) is 4.69. The van der Waals surface area contributed by atoms with E-state index in [9.17, 15) is 4.79 Å². The highest BCUT2D eigenvalue weighted by Gasteiger charge is 2.12.